The maximum Gasteiger partial charge on any atom is 0.245 e. The fourth-order valence-electron chi connectivity index (χ4n) is 4.41. The molecule has 0 radical (unpaired) electrons. The molecule has 37 heavy (non-hydrogen) atoms. The van der Waals surface area contributed by atoms with Crippen molar-refractivity contribution in [3.05, 3.63) is 47.5 Å². The first kappa shape index (κ1) is 26.6. The second-order valence-corrected chi connectivity index (χ2v) is 9.31. The largest absolute Gasteiger partial charge is 0.476 e. The molecule has 1 aromatic heterocycles. The Morgan fingerprint density at radius 1 is 1.08 bits per heavy atom. The summed E-state index contributed by atoms with van der Waals surface area (Å²) in [6.07, 6.45) is 1.67. The zero-order valence-corrected chi connectivity index (χ0v) is 21.9. The molecule has 1 aromatic carbocycles. The number of amides is 2. The molecule has 0 unspecified atom stereocenters. The predicted molar refractivity (Wildman–Crippen MR) is 143 cm³/mol. The molecule has 2 aliphatic rings. The highest BCUT2D eigenvalue weighted by molar-refractivity contribution is 5.93. The van der Waals surface area contributed by atoms with Crippen molar-refractivity contribution in [3.8, 4) is 5.88 Å². The van der Waals surface area contributed by atoms with Crippen molar-refractivity contribution in [1.29, 1.82) is 0 Å². The van der Waals surface area contributed by atoms with E-state index >= 15 is 0 Å². The Bertz CT molecular complexity index is 1110. The minimum atomic E-state index is -0.246. The standard InChI is InChI=1S/C27H36N6O4/c1-21-5-4-6-24(17-21)20-28-33(23(3)35)26-18-25(32-12-14-36-15-13-32)19-27(29-26)37-16-11-30-7-9-31(10-8-30)22(2)34/h4-6,17-20H,7-16H2,1-3H3/b28-20+. The summed E-state index contributed by atoms with van der Waals surface area (Å²) < 4.78 is 11.6. The average Bonchev–Trinajstić information content (AvgIpc) is 2.89. The summed E-state index contributed by atoms with van der Waals surface area (Å²) >= 11 is 0. The van der Waals surface area contributed by atoms with Gasteiger partial charge in [-0.2, -0.15) is 15.1 Å². The zero-order chi connectivity index (χ0) is 26.2. The highest BCUT2D eigenvalue weighted by Crippen LogP contribution is 2.27. The molecule has 0 bridgehead atoms. The van der Waals surface area contributed by atoms with E-state index in [1.54, 1.807) is 13.1 Å². The number of hydrogen-bond acceptors (Lipinski definition) is 8. The van der Waals surface area contributed by atoms with Gasteiger partial charge in [-0.15, -0.1) is 0 Å². The molecule has 4 rings (SSSR count). The van der Waals surface area contributed by atoms with E-state index < -0.39 is 0 Å². The van der Waals surface area contributed by atoms with Gasteiger partial charge in [-0.05, 0) is 12.5 Å². The van der Waals surface area contributed by atoms with Crippen molar-refractivity contribution in [2.45, 2.75) is 20.8 Å². The summed E-state index contributed by atoms with van der Waals surface area (Å²) in [6.45, 7) is 12.2. The van der Waals surface area contributed by atoms with Crippen molar-refractivity contribution in [2.24, 2.45) is 5.10 Å². The number of morpholine rings is 1. The lowest BCUT2D eigenvalue weighted by molar-refractivity contribution is -0.130. The van der Waals surface area contributed by atoms with Gasteiger partial charge >= 0.3 is 0 Å². The van der Waals surface area contributed by atoms with Crippen LogP contribution in [0.25, 0.3) is 0 Å². The van der Waals surface area contributed by atoms with E-state index in [0.717, 1.165) is 62.6 Å². The third-order valence-corrected chi connectivity index (χ3v) is 6.50. The summed E-state index contributed by atoms with van der Waals surface area (Å²) in [5.74, 6) is 0.723. The summed E-state index contributed by atoms with van der Waals surface area (Å²) in [6, 6.07) is 11.7. The third-order valence-electron chi connectivity index (χ3n) is 6.50. The number of hydrazone groups is 1. The normalized spacial score (nSPS) is 16.7. The molecule has 0 spiro atoms. The molecular formula is C27H36N6O4. The zero-order valence-electron chi connectivity index (χ0n) is 21.9. The van der Waals surface area contributed by atoms with Crippen LogP contribution in [0, 0.1) is 6.92 Å². The molecule has 2 fully saturated rings. The maximum atomic E-state index is 12.6. The van der Waals surface area contributed by atoms with Crippen LogP contribution < -0.4 is 14.6 Å². The smallest absolute Gasteiger partial charge is 0.245 e. The van der Waals surface area contributed by atoms with Crippen LogP contribution in [-0.2, 0) is 14.3 Å². The number of aryl methyl sites for hydroxylation is 1. The molecule has 2 aliphatic heterocycles. The number of piperazine rings is 1. The number of hydrogen-bond donors (Lipinski definition) is 0. The van der Waals surface area contributed by atoms with Gasteiger partial charge in [0.15, 0.2) is 5.82 Å². The van der Waals surface area contributed by atoms with Gasteiger partial charge in [0.1, 0.15) is 6.61 Å². The molecule has 2 saturated heterocycles. The van der Waals surface area contributed by atoms with Gasteiger partial charge in [-0.3, -0.25) is 14.5 Å². The van der Waals surface area contributed by atoms with Gasteiger partial charge in [0.05, 0.1) is 19.4 Å². The number of ether oxygens (including phenoxy) is 2. The molecule has 198 valence electrons. The number of carbonyl (C=O) groups excluding carboxylic acids is 2. The predicted octanol–water partition coefficient (Wildman–Crippen LogP) is 2.16. The van der Waals surface area contributed by atoms with Crippen molar-refractivity contribution in [2.75, 3.05) is 75.5 Å². The Morgan fingerprint density at radius 3 is 2.51 bits per heavy atom. The summed E-state index contributed by atoms with van der Waals surface area (Å²) in [5, 5.41) is 5.77. The SMILES string of the molecule is CC(=O)N1CCN(CCOc2cc(N3CCOCC3)cc(N(/N=C/c3cccc(C)c3)C(C)=O)n2)CC1. The second-order valence-electron chi connectivity index (χ2n) is 9.31. The minimum Gasteiger partial charge on any atom is -0.476 e. The molecular weight excluding hydrogens is 472 g/mol. The molecule has 0 aliphatic carbocycles. The Balaban J connectivity index is 1.50. The lowest BCUT2D eigenvalue weighted by Crippen LogP contribution is -2.48. The van der Waals surface area contributed by atoms with Crippen LogP contribution in [0.1, 0.15) is 25.0 Å². The van der Waals surface area contributed by atoms with Gasteiger partial charge in [0, 0.05) is 77.5 Å². The van der Waals surface area contributed by atoms with E-state index in [0.29, 0.717) is 31.5 Å². The molecule has 10 nitrogen and oxygen atoms in total. The highest BCUT2D eigenvalue weighted by atomic mass is 16.5. The lowest BCUT2D eigenvalue weighted by atomic mass is 10.2. The Kier molecular flexibility index (Phi) is 9.08. The third kappa shape index (κ3) is 7.50. The van der Waals surface area contributed by atoms with Crippen molar-refractivity contribution < 1.29 is 19.1 Å². The monoisotopic (exact) mass is 508 g/mol. The number of carbonyl (C=O) groups is 2. The van der Waals surface area contributed by atoms with Crippen molar-refractivity contribution >= 4 is 29.5 Å². The quantitative estimate of drug-likeness (QED) is 0.399. The first-order valence-corrected chi connectivity index (χ1v) is 12.8. The van der Waals surface area contributed by atoms with E-state index in [1.165, 1.54) is 11.9 Å². The molecule has 10 heteroatoms. The van der Waals surface area contributed by atoms with E-state index in [2.05, 4.69) is 19.9 Å². The lowest BCUT2D eigenvalue weighted by Gasteiger charge is -2.34. The second kappa shape index (κ2) is 12.6. The van der Waals surface area contributed by atoms with Crippen LogP contribution in [0.4, 0.5) is 11.5 Å². The number of nitrogens with zero attached hydrogens (tertiary/aromatic N) is 6. The minimum absolute atomic E-state index is 0.118. The summed E-state index contributed by atoms with van der Waals surface area (Å²) in [4.78, 5) is 35.1. The number of aromatic nitrogens is 1. The van der Waals surface area contributed by atoms with Crippen LogP contribution >= 0.6 is 0 Å². The topological polar surface area (TPSA) is 90.8 Å². The molecule has 3 heterocycles. The Morgan fingerprint density at radius 2 is 1.84 bits per heavy atom. The molecule has 2 amide bonds. The summed E-state index contributed by atoms with van der Waals surface area (Å²) in [5.41, 5.74) is 2.93. The average molecular weight is 509 g/mol. The Labute approximate surface area is 218 Å². The number of rotatable bonds is 8. The van der Waals surface area contributed by atoms with E-state index in [4.69, 9.17) is 9.47 Å². The number of benzene rings is 1. The molecule has 2 aromatic rings. The van der Waals surface area contributed by atoms with Gasteiger partial charge in [-0.25, -0.2) is 0 Å². The maximum absolute atomic E-state index is 12.6. The highest BCUT2D eigenvalue weighted by Gasteiger charge is 2.20. The van der Waals surface area contributed by atoms with Crippen molar-refractivity contribution in [1.82, 2.24) is 14.8 Å². The van der Waals surface area contributed by atoms with Crippen LogP contribution in [0.5, 0.6) is 5.88 Å². The van der Waals surface area contributed by atoms with Crippen LogP contribution in [0.2, 0.25) is 0 Å². The van der Waals surface area contributed by atoms with E-state index in [1.807, 2.05) is 48.2 Å². The first-order chi connectivity index (χ1) is 17.9. The van der Waals surface area contributed by atoms with E-state index in [-0.39, 0.29) is 11.8 Å². The van der Waals surface area contributed by atoms with Gasteiger partial charge in [0.25, 0.3) is 0 Å². The fraction of sp³-hybridized carbons (Fsp3) is 0.481. The van der Waals surface area contributed by atoms with Gasteiger partial charge < -0.3 is 19.3 Å². The molecule has 0 saturated carbocycles. The Hall–Kier alpha value is -3.50. The first-order valence-electron chi connectivity index (χ1n) is 12.8. The molecule has 0 atom stereocenters. The number of anilines is 2. The van der Waals surface area contributed by atoms with Gasteiger partial charge in [0.2, 0.25) is 17.7 Å². The summed E-state index contributed by atoms with van der Waals surface area (Å²) in [7, 11) is 0. The van der Waals surface area contributed by atoms with Crippen LogP contribution in [0.15, 0.2) is 41.5 Å². The van der Waals surface area contributed by atoms with Crippen molar-refractivity contribution in [3.63, 3.8) is 0 Å². The molecule has 0 N–H and O–H groups in total. The fourth-order valence-corrected chi connectivity index (χ4v) is 4.41. The van der Waals surface area contributed by atoms with Crippen LogP contribution in [-0.4, -0.2) is 98.4 Å². The number of pyridine rings is 1. The van der Waals surface area contributed by atoms with Crippen LogP contribution in [0.3, 0.4) is 0 Å². The van der Waals surface area contributed by atoms with E-state index in [9.17, 15) is 9.59 Å². The van der Waals surface area contributed by atoms with Gasteiger partial charge in [-0.1, -0.05) is 29.8 Å².